The number of hydrogen-bond acceptors (Lipinski definition) is 6. The fourth-order valence-corrected chi connectivity index (χ4v) is 2.88. The molecule has 1 aromatic heterocycles. The van der Waals surface area contributed by atoms with Gasteiger partial charge in [-0.3, -0.25) is 0 Å². The molecule has 0 fully saturated rings. The average Bonchev–Trinajstić information content (AvgIpc) is 2.64. The molecular weight excluding hydrogens is 378 g/mol. The summed E-state index contributed by atoms with van der Waals surface area (Å²) in [7, 11) is 1.98. The van der Waals surface area contributed by atoms with E-state index in [1.807, 2.05) is 38.2 Å². The normalized spacial score (nSPS) is 12.0. The summed E-state index contributed by atoms with van der Waals surface area (Å²) in [6.45, 7) is 0.334. The summed E-state index contributed by atoms with van der Waals surface area (Å²) in [6, 6.07) is 14.4. The first kappa shape index (κ1) is 20.4. The lowest BCUT2D eigenvalue weighted by molar-refractivity contribution is -0.908. The zero-order valence-electron chi connectivity index (χ0n) is 16.2. The number of rotatable bonds is 8. The van der Waals surface area contributed by atoms with Gasteiger partial charge in [0.2, 0.25) is 11.9 Å². The highest BCUT2D eigenvalue weighted by atomic mass is 19.3. The van der Waals surface area contributed by atoms with Gasteiger partial charge in [0.25, 0.3) is 0 Å². The molecule has 1 atom stereocenters. The lowest BCUT2D eigenvalue weighted by Gasteiger charge is -2.14. The number of alkyl halides is 2. The number of nitrogens with zero attached hydrogens (tertiary/aromatic N) is 3. The third-order valence-corrected chi connectivity index (χ3v) is 4.20. The van der Waals surface area contributed by atoms with Gasteiger partial charge in [0.15, 0.2) is 5.82 Å². The molecule has 3 rings (SSSR count). The van der Waals surface area contributed by atoms with Crippen molar-refractivity contribution in [3.05, 3.63) is 65.5 Å². The second kappa shape index (κ2) is 9.24. The Balaban J connectivity index is 1.65. The first-order chi connectivity index (χ1) is 13.9. The topological polar surface area (TPSA) is 90.4 Å². The molecule has 152 valence electrons. The number of halogens is 2. The van der Waals surface area contributed by atoms with Crippen LogP contribution in [0.25, 0.3) is 0 Å². The summed E-state index contributed by atoms with van der Waals surface area (Å²) < 4.78 is 28.8. The molecular formula is C20H23F2N6O+. The van der Waals surface area contributed by atoms with E-state index in [2.05, 4.69) is 25.0 Å². The number of aryl methyl sites for hydroxylation is 1. The molecule has 0 radical (unpaired) electrons. The van der Waals surface area contributed by atoms with E-state index in [1.165, 1.54) is 12.1 Å². The van der Waals surface area contributed by atoms with E-state index < -0.39 is 6.61 Å². The molecule has 2 aromatic carbocycles. The number of nitrogen functional groups attached to an aromatic ring is 1. The van der Waals surface area contributed by atoms with E-state index in [0.29, 0.717) is 24.9 Å². The Morgan fingerprint density at radius 2 is 1.76 bits per heavy atom. The largest absolute Gasteiger partial charge is 0.435 e. The highest BCUT2D eigenvalue weighted by molar-refractivity contribution is 5.58. The summed E-state index contributed by atoms with van der Waals surface area (Å²) in [4.78, 5) is 13.9. The van der Waals surface area contributed by atoms with E-state index in [0.717, 1.165) is 21.7 Å². The van der Waals surface area contributed by atoms with Gasteiger partial charge < -0.3 is 20.7 Å². The summed E-state index contributed by atoms with van der Waals surface area (Å²) >= 11 is 0. The molecule has 0 saturated heterocycles. The Hall–Kier alpha value is -3.33. The minimum atomic E-state index is -2.83. The Kier molecular flexibility index (Phi) is 6.50. The maximum Gasteiger partial charge on any atom is 0.387 e. The molecule has 0 saturated carbocycles. The number of hydrogen-bond donors (Lipinski definition) is 3. The van der Waals surface area contributed by atoms with Crippen LogP contribution in [0, 0.1) is 6.92 Å². The highest BCUT2D eigenvalue weighted by Gasteiger charge is 2.12. The van der Waals surface area contributed by atoms with Crippen LogP contribution < -0.4 is 20.7 Å². The fourth-order valence-electron chi connectivity index (χ4n) is 2.88. The molecule has 0 spiro atoms. The van der Waals surface area contributed by atoms with Gasteiger partial charge in [-0.25, -0.2) is 0 Å². The molecule has 29 heavy (non-hydrogen) atoms. The van der Waals surface area contributed by atoms with Gasteiger partial charge in [-0.2, -0.15) is 23.7 Å². The van der Waals surface area contributed by atoms with E-state index in [4.69, 9.17) is 5.73 Å². The maximum atomic E-state index is 12.2. The van der Waals surface area contributed by atoms with Gasteiger partial charge in [-0.15, -0.1) is 0 Å². The molecule has 0 bridgehead atoms. The van der Waals surface area contributed by atoms with Crippen LogP contribution in [-0.2, 0) is 13.1 Å². The van der Waals surface area contributed by atoms with Gasteiger partial charge in [0.05, 0.1) is 7.05 Å². The lowest BCUT2D eigenvalue weighted by Crippen LogP contribution is -3.06. The van der Waals surface area contributed by atoms with E-state index >= 15 is 0 Å². The summed E-state index contributed by atoms with van der Waals surface area (Å²) in [5, 5.41) is 3.17. The van der Waals surface area contributed by atoms with Crippen molar-refractivity contribution in [3.63, 3.8) is 0 Å². The standard InChI is InChI=1S/C20H22F2N6O/c1-13-5-3-4-6-16(13)24-20-26-17(25-19(23)27-20)12-28(2)11-14-7-9-15(10-8-14)29-18(21)22/h3-10,18H,11-12H2,1-2H3,(H3,23,24,25,26,27)/p+1. The number of quaternary nitrogens is 1. The van der Waals surface area contributed by atoms with Crippen LogP contribution >= 0.6 is 0 Å². The summed E-state index contributed by atoms with van der Waals surface area (Å²) in [5.41, 5.74) is 8.79. The zero-order valence-corrected chi connectivity index (χ0v) is 16.2. The minimum Gasteiger partial charge on any atom is -0.435 e. The van der Waals surface area contributed by atoms with Gasteiger partial charge in [-0.1, -0.05) is 18.2 Å². The third-order valence-electron chi connectivity index (χ3n) is 4.20. The van der Waals surface area contributed by atoms with E-state index in [9.17, 15) is 8.78 Å². The fraction of sp³-hybridized carbons (Fsp3) is 0.250. The molecule has 9 heteroatoms. The number of ether oxygens (including phenoxy) is 1. The predicted octanol–water partition coefficient (Wildman–Crippen LogP) is 2.32. The predicted molar refractivity (Wildman–Crippen MR) is 106 cm³/mol. The molecule has 3 aromatic rings. The molecule has 0 aliphatic heterocycles. The minimum absolute atomic E-state index is 0.138. The zero-order chi connectivity index (χ0) is 20.8. The number of benzene rings is 2. The first-order valence-electron chi connectivity index (χ1n) is 9.07. The van der Waals surface area contributed by atoms with Crippen molar-refractivity contribution < 1.29 is 18.4 Å². The number of nitrogens with two attached hydrogens (primary N) is 1. The Morgan fingerprint density at radius 3 is 2.45 bits per heavy atom. The number of aromatic nitrogens is 3. The summed E-state index contributed by atoms with van der Waals surface area (Å²) in [5.74, 6) is 1.23. The van der Waals surface area contributed by atoms with Crippen LogP contribution in [0.2, 0.25) is 0 Å². The Labute approximate surface area is 167 Å². The number of nitrogens with one attached hydrogen (secondary N) is 2. The van der Waals surface area contributed by atoms with E-state index in [1.54, 1.807) is 12.1 Å². The smallest absolute Gasteiger partial charge is 0.387 e. The monoisotopic (exact) mass is 401 g/mol. The van der Waals surface area contributed by atoms with Crippen molar-refractivity contribution in [2.45, 2.75) is 26.6 Å². The van der Waals surface area contributed by atoms with Gasteiger partial charge in [0, 0.05) is 11.3 Å². The van der Waals surface area contributed by atoms with Crippen molar-refractivity contribution in [1.82, 2.24) is 15.0 Å². The van der Waals surface area contributed by atoms with Crippen LogP contribution in [0.4, 0.5) is 26.4 Å². The van der Waals surface area contributed by atoms with Gasteiger partial charge >= 0.3 is 6.61 Å². The van der Waals surface area contributed by atoms with Crippen LogP contribution in [0.5, 0.6) is 5.75 Å². The SMILES string of the molecule is Cc1ccccc1Nc1nc(N)nc(C[NH+](C)Cc2ccc(OC(F)F)cc2)n1. The second-order valence-electron chi connectivity index (χ2n) is 6.71. The maximum absolute atomic E-state index is 12.2. The Bertz CT molecular complexity index is 952. The number of anilines is 3. The van der Waals surface area contributed by atoms with E-state index in [-0.39, 0.29) is 11.7 Å². The lowest BCUT2D eigenvalue weighted by atomic mass is 10.2. The molecule has 0 aliphatic carbocycles. The molecule has 0 amide bonds. The van der Waals surface area contributed by atoms with Crippen molar-refractivity contribution in [2.24, 2.45) is 0 Å². The quantitative estimate of drug-likeness (QED) is 0.537. The van der Waals surface area contributed by atoms with Crippen molar-refractivity contribution >= 4 is 17.6 Å². The highest BCUT2D eigenvalue weighted by Crippen LogP contribution is 2.18. The Morgan fingerprint density at radius 1 is 1.03 bits per heavy atom. The molecule has 7 nitrogen and oxygen atoms in total. The molecule has 1 unspecified atom stereocenters. The van der Waals surface area contributed by atoms with Gasteiger partial charge in [-0.05, 0) is 42.8 Å². The average molecular weight is 401 g/mol. The van der Waals surface area contributed by atoms with Gasteiger partial charge in [0.1, 0.15) is 18.8 Å². The van der Waals surface area contributed by atoms with Crippen LogP contribution in [-0.4, -0.2) is 28.6 Å². The number of para-hydroxylation sites is 1. The van der Waals surface area contributed by atoms with Crippen LogP contribution in [0.1, 0.15) is 17.0 Å². The van der Waals surface area contributed by atoms with Crippen LogP contribution in [0.3, 0.4) is 0 Å². The first-order valence-corrected chi connectivity index (χ1v) is 9.07. The van der Waals surface area contributed by atoms with Crippen molar-refractivity contribution in [3.8, 4) is 5.75 Å². The third kappa shape index (κ3) is 6.08. The molecule has 0 aliphatic rings. The van der Waals surface area contributed by atoms with Crippen molar-refractivity contribution in [1.29, 1.82) is 0 Å². The summed E-state index contributed by atoms with van der Waals surface area (Å²) in [6.07, 6.45) is 0. The van der Waals surface area contributed by atoms with Crippen LogP contribution in [0.15, 0.2) is 48.5 Å². The van der Waals surface area contributed by atoms with Crippen molar-refractivity contribution in [2.75, 3.05) is 18.1 Å². The second-order valence-corrected chi connectivity index (χ2v) is 6.71. The molecule has 4 N–H and O–H groups in total. The molecule has 1 heterocycles.